The molecule has 130 valence electrons. The van der Waals surface area contributed by atoms with Gasteiger partial charge >= 0.3 is 0 Å². The first kappa shape index (κ1) is 15.7. The molecule has 0 radical (unpaired) electrons. The number of rotatable bonds is 3. The summed E-state index contributed by atoms with van der Waals surface area (Å²) in [6.45, 7) is 5.44. The van der Waals surface area contributed by atoms with Gasteiger partial charge in [-0.3, -0.25) is 9.20 Å². The fraction of sp³-hybridized carbons (Fsp3) is 0.389. The SMILES string of the molecule is Cc1cc(C(=O)NC2CCN(c3cccc4nncn34)CC2)c(C)o1. The van der Waals surface area contributed by atoms with Crippen molar-refractivity contribution in [3.63, 3.8) is 0 Å². The lowest BCUT2D eigenvalue weighted by atomic mass is 10.0. The second-order valence-electron chi connectivity index (χ2n) is 6.50. The highest BCUT2D eigenvalue weighted by Gasteiger charge is 2.24. The van der Waals surface area contributed by atoms with Crippen LogP contribution in [0.1, 0.15) is 34.7 Å². The van der Waals surface area contributed by atoms with Crippen molar-refractivity contribution in [3.8, 4) is 0 Å². The summed E-state index contributed by atoms with van der Waals surface area (Å²) in [5, 5.41) is 11.2. The molecule has 0 bridgehead atoms. The summed E-state index contributed by atoms with van der Waals surface area (Å²) >= 11 is 0. The lowest BCUT2D eigenvalue weighted by molar-refractivity contribution is 0.0929. The van der Waals surface area contributed by atoms with E-state index in [0.717, 1.165) is 43.2 Å². The van der Waals surface area contributed by atoms with E-state index in [9.17, 15) is 4.79 Å². The minimum Gasteiger partial charge on any atom is -0.466 e. The number of furan rings is 1. The fourth-order valence-corrected chi connectivity index (χ4v) is 3.46. The number of hydrogen-bond acceptors (Lipinski definition) is 5. The Morgan fingerprint density at radius 2 is 2.08 bits per heavy atom. The van der Waals surface area contributed by atoms with Crippen LogP contribution in [-0.4, -0.2) is 39.6 Å². The molecule has 7 heteroatoms. The summed E-state index contributed by atoms with van der Waals surface area (Å²) in [5.74, 6) is 2.48. The molecule has 0 aliphatic carbocycles. The van der Waals surface area contributed by atoms with Crippen molar-refractivity contribution < 1.29 is 9.21 Å². The number of carbonyl (C=O) groups excluding carboxylic acids is 1. The third-order valence-corrected chi connectivity index (χ3v) is 4.75. The van der Waals surface area contributed by atoms with Crippen LogP contribution in [0.5, 0.6) is 0 Å². The molecule has 0 unspecified atom stereocenters. The topological polar surface area (TPSA) is 75.7 Å². The van der Waals surface area contributed by atoms with Gasteiger partial charge in [0.2, 0.25) is 0 Å². The first-order chi connectivity index (χ1) is 12.1. The molecule has 0 saturated carbocycles. The number of fused-ring (bicyclic) bond motifs is 1. The van der Waals surface area contributed by atoms with Gasteiger partial charge in [-0.25, -0.2) is 0 Å². The highest BCUT2D eigenvalue weighted by atomic mass is 16.3. The second-order valence-corrected chi connectivity index (χ2v) is 6.50. The van der Waals surface area contributed by atoms with Crippen LogP contribution < -0.4 is 10.2 Å². The smallest absolute Gasteiger partial charge is 0.255 e. The minimum atomic E-state index is -0.0475. The van der Waals surface area contributed by atoms with Gasteiger partial charge < -0.3 is 14.6 Å². The monoisotopic (exact) mass is 339 g/mol. The second kappa shape index (κ2) is 6.23. The molecule has 4 heterocycles. The van der Waals surface area contributed by atoms with E-state index >= 15 is 0 Å². The maximum absolute atomic E-state index is 12.4. The highest BCUT2D eigenvalue weighted by molar-refractivity contribution is 5.95. The number of piperidine rings is 1. The van der Waals surface area contributed by atoms with E-state index in [-0.39, 0.29) is 11.9 Å². The molecule has 3 aromatic rings. The number of carbonyl (C=O) groups is 1. The Morgan fingerprint density at radius 1 is 1.28 bits per heavy atom. The van der Waals surface area contributed by atoms with Gasteiger partial charge in [0, 0.05) is 19.1 Å². The van der Waals surface area contributed by atoms with Gasteiger partial charge in [-0.2, -0.15) is 0 Å². The zero-order chi connectivity index (χ0) is 17.4. The maximum Gasteiger partial charge on any atom is 0.255 e. The van der Waals surface area contributed by atoms with Crippen LogP contribution >= 0.6 is 0 Å². The van der Waals surface area contributed by atoms with Crippen molar-refractivity contribution in [3.05, 3.63) is 47.7 Å². The predicted molar refractivity (Wildman–Crippen MR) is 93.9 cm³/mol. The van der Waals surface area contributed by atoms with Crippen LogP contribution in [0.3, 0.4) is 0 Å². The number of aromatic nitrogens is 3. The Balaban J connectivity index is 1.41. The largest absolute Gasteiger partial charge is 0.466 e. The van der Waals surface area contributed by atoms with Gasteiger partial charge in [-0.1, -0.05) is 6.07 Å². The van der Waals surface area contributed by atoms with Crippen LogP contribution in [-0.2, 0) is 0 Å². The molecule has 1 saturated heterocycles. The van der Waals surface area contributed by atoms with E-state index in [4.69, 9.17) is 4.42 Å². The molecule has 4 rings (SSSR count). The fourth-order valence-electron chi connectivity index (χ4n) is 3.46. The molecule has 25 heavy (non-hydrogen) atoms. The quantitative estimate of drug-likeness (QED) is 0.793. The molecule has 1 aliphatic rings. The molecule has 0 spiro atoms. The van der Waals surface area contributed by atoms with E-state index < -0.39 is 0 Å². The van der Waals surface area contributed by atoms with Crippen LogP contribution in [0, 0.1) is 13.8 Å². The molecule has 0 atom stereocenters. The summed E-state index contributed by atoms with van der Waals surface area (Å²) < 4.78 is 7.45. The standard InChI is InChI=1S/C18H21N5O2/c1-12-10-15(13(2)25-12)18(24)20-14-6-8-22(9-7-14)17-5-3-4-16-21-19-11-23(16)17/h3-5,10-11,14H,6-9H2,1-2H3,(H,20,24). The van der Waals surface area contributed by atoms with Crippen molar-refractivity contribution in [2.75, 3.05) is 18.0 Å². The summed E-state index contributed by atoms with van der Waals surface area (Å²) in [5.41, 5.74) is 1.48. The van der Waals surface area contributed by atoms with Gasteiger partial charge in [0.05, 0.1) is 5.56 Å². The Labute approximate surface area is 145 Å². The number of aryl methyl sites for hydroxylation is 2. The highest BCUT2D eigenvalue weighted by Crippen LogP contribution is 2.21. The van der Waals surface area contributed by atoms with Crippen molar-refractivity contribution in [2.45, 2.75) is 32.7 Å². The predicted octanol–water partition coefficient (Wildman–Crippen LogP) is 2.34. The molecule has 1 amide bonds. The Bertz CT molecular complexity index is 905. The van der Waals surface area contributed by atoms with Crippen molar-refractivity contribution in [1.29, 1.82) is 0 Å². The maximum atomic E-state index is 12.4. The first-order valence-electron chi connectivity index (χ1n) is 8.53. The van der Waals surface area contributed by atoms with E-state index in [1.54, 1.807) is 12.4 Å². The number of nitrogens with zero attached hydrogens (tertiary/aromatic N) is 4. The third kappa shape index (κ3) is 2.97. The van der Waals surface area contributed by atoms with Gasteiger partial charge in [0.15, 0.2) is 5.65 Å². The molecule has 1 aliphatic heterocycles. The van der Waals surface area contributed by atoms with Crippen LogP contribution in [0.15, 0.2) is 35.0 Å². The summed E-state index contributed by atoms with van der Waals surface area (Å²) in [6.07, 6.45) is 3.54. The number of anilines is 1. The zero-order valence-electron chi connectivity index (χ0n) is 14.4. The van der Waals surface area contributed by atoms with Crippen LogP contribution in [0.2, 0.25) is 0 Å². The molecule has 7 nitrogen and oxygen atoms in total. The summed E-state index contributed by atoms with van der Waals surface area (Å²) in [4.78, 5) is 14.7. The van der Waals surface area contributed by atoms with E-state index in [1.165, 1.54) is 0 Å². The normalized spacial score (nSPS) is 15.7. The van der Waals surface area contributed by atoms with Crippen LogP contribution in [0.25, 0.3) is 5.65 Å². The van der Waals surface area contributed by atoms with E-state index in [2.05, 4.69) is 26.5 Å². The molecule has 1 fully saturated rings. The van der Waals surface area contributed by atoms with Gasteiger partial charge in [-0.15, -0.1) is 10.2 Å². The molecule has 0 aromatic carbocycles. The molecular weight excluding hydrogens is 318 g/mol. The molecule has 1 N–H and O–H groups in total. The van der Waals surface area contributed by atoms with Crippen molar-refractivity contribution in [2.24, 2.45) is 0 Å². The summed E-state index contributed by atoms with van der Waals surface area (Å²) in [6, 6.07) is 7.99. The number of pyridine rings is 1. The number of amides is 1. The molecule has 3 aromatic heterocycles. The molecular formula is C18H21N5O2. The van der Waals surface area contributed by atoms with Gasteiger partial charge in [0.1, 0.15) is 23.7 Å². The average Bonchev–Trinajstić information content (AvgIpc) is 3.21. The number of hydrogen-bond donors (Lipinski definition) is 1. The number of nitrogens with one attached hydrogen (secondary N) is 1. The van der Waals surface area contributed by atoms with Crippen LogP contribution in [0.4, 0.5) is 5.82 Å². The Morgan fingerprint density at radius 3 is 2.80 bits per heavy atom. The lowest BCUT2D eigenvalue weighted by Crippen LogP contribution is -2.45. The zero-order valence-corrected chi connectivity index (χ0v) is 14.4. The Kier molecular flexibility index (Phi) is 3.91. The first-order valence-corrected chi connectivity index (χ1v) is 8.53. The van der Waals surface area contributed by atoms with E-state index in [1.807, 2.05) is 30.4 Å². The van der Waals surface area contributed by atoms with Gasteiger partial charge in [-0.05, 0) is 44.9 Å². The lowest BCUT2D eigenvalue weighted by Gasteiger charge is -2.34. The third-order valence-electron chi connectivity index (χ3n) is 4.75. The van der Waals surface area contributed by atoms with Gasteiger partial charge in [0.25, 0.3) is 5.91 Å². The summed E-state index contributed by atoms with van der Waals surface area (Å²) in [7, 11) is 0. The van der Waals surface area contributed by atoms with E-state index in [0.29, 0.717) is 11.3 Å². The van der Waals surface area contributed by atoms with Crippen molar-refractivity contribution in [1.82, 2.24) is 19.9 Å². The minimum absolute atomic E-state index is 0.0475. The van der Waals surface area contributed by atoms with Crippen molar-refractivity contribution >= 4 is 17.4 Å². The average molecular weight is 339 g/mol. The Hall–Kier alpha value is -2.83.